The average molecular weight is 735 g/mol. The molecular weight excluding hydrogens is 709 g/mol. The zero-order chi connectivity index (χ0) is 30.4. The number of halogens is 2. The fourth-order valence-electron chi connectivity index (χ4n) is 4.85. The lowest BCUT2D eigenvalue weighted by molar-refractivity contribution is -0.384. The molecule has 1 aliphatic rings. The first-order valence-corrected chi connectivity index (χ1v) is 17.4. The lowest BCUT2D eigenvalue weighted by atomic mass is 9.84. The molecule has 13 heteroatoms. The molecule has 9 nitrogen and oxygen atoms in total. The quantitative estimate of drug-likeness (QED) is 0.106. The van der Waals surface area contributed by atoms with Crippen molar-refractivity contribution >= 4 is 66.0 Å². The van der Waals surface area contributed by atoms with Crippen LogP contribution in [0.5, 0.6) is 5.75 Å². The first kappa shape index (κ1) is 30.3. The van der Waals surface area contributed by atoms with Crippen LogP contribution in [0.2, 0.25) is 0 Å². The number of nitrogens with zero attached hydrogens (tertiary/aromatic N) is 3. The molecular formula is C29H26Br2N3O6PS. The predicted octanol–water partition coefficient (Wildman–Crippen LogP) is 8.50. The minimum absolute atomic E-state index is 0.206. The highest BCUT2D eigenvalue weighted by atomic mass is 79.9. The van der Waals surface area contributed by atoms with Crippen LogP contribution in [0.25, 0.3) is 0 Å². The monoisotopic (exact) mass is 733 g/mol. The Balaban J connectivity index is 1.83. The van der Waals surface area contributed by atoms with E-state index in [1.165, 1.54) is 12.1 Å². The van der Waals surface area contributed by atoms with E-state index in [2.05, 4.69) is 49.9 Å². The first-order chi connectivity index (χ1) is 19.7. The van der Waals surface area contributed by atoms with E-state index in [9.17, 15) is 18.5 Å². The van der Waals surface area contributed by atoms with E-state index in [1.807, 2.05) is 36.2 Å². The number of sulfonamides is 1. The van der Waals surface area contributed by atoms with Crippen molar-refractivity contribution in [3.8, 4) is 5.75 Å². The number of rotatable bonds is 7. The first-order valence-electron chi connectivity index (χ1n) is 12.6. The van der Waals surface area contributed by atoms with Gasteiger partial charge in [-0.2, -0.15) is 8.42 Å². The number of nitro benzene ring substituents is 1. The Morgan fingerprint density at radius 1 is 1.02 bits per heavy atom. The molecule has 0 N–H and O–H groups in total. The standard InChI is InChI=1S/C29H26Br2N3O6PS/c1-19-9-16-28(39-19)41(40-21-12-15-24(30)25(31)17-21,32-42(37,38)22-13-10-20(11-14-22)34(35)36)18-27-29(2,3)23-7-5-6-8-26(23)33(27)4/h5-18H,1-4H3/b27-18-/t41-/m0/s1. The van der Waals surface area contributed by atoms with E-state index in [-0.39, 0.29) is 16.1 Å². The van der Waals surface area contributed by atoms with Gasteiger partial charge in [0.25, 0.3) is 15.7 Å². The van der Waals surface area contributed by atoms with Crippen molar-refractivity contribution in [1.82, 2.24) is 0 Å². The van der Waals surface area contributed by atoms with E-state index in [0.29, 0.717) is 16.0 Å². The van der Waals surface area contributed by atoms with Crippen molar-refractivity contribution in [2.45, 2.75) is 31.1 Å². The molecule has 0 radical (unpaired) electrons. The maximum absolute atomic E-state index is 14.0. The van der Waals surface area contributed by atoms with Gasteiger partial charge in [-0.1, -0.05) is 32.0 Å². The van der Waals surface area contributed by atoms with Gasteiger partial charge in [-0.05, 0) is 92.9 Å². The van der Waals surface area contributed by atoms with E-state index >= 15 is 0 Å². The highest BCUT2D eigenvalue weighted by Gasteiger charge is 2.42. The SMILES string of the molecule is Cc1ccc([P@@](/C=C2\N(C)c3ccccc3C2(C)C)(=NS(=O)(=O)c2ccc([N+](=O)[O-])cc2)Oc2ccc(Br)c(Br)c2)o1. The smallest absolute Gasteiger partial charge is 0.284 e. The third-order valence-corrected chi connectivity index (χ3v) is 13.5. The molecule has 2 heterocycles. The van der Waals surface area contributed by atoms with Crippen molar-refractivity contribution in [2.24, 2.45) is 4.15 Å². The van der Waals surface area contributed by atoms with Gasteiger partial charge in [0, 0.05) is 50.7 Å². The van der Waals surface area contributed by atoms with Gasteiger partial charge in [0.1, 0.15) is 11.5 Å². The minimum atomic E-state index is -4.42. The summed E-state index contributed by atoms with van der Waals surface area (Å²) in [5.41, 5.74) is 2.31. The van der Waals surface area contributed by atoms with Crippen molar-refractivity contribution in [1.29, 1.82) is 0 Å². The highest BCUT2D eigenvalue weighted by molar-refractivity contribution is 9.13. The van der Waals surface area contributed by atoms with E-state index in [4.69, 9.17) is 8.94 Å². The summed E-state index contributed by atoms with van der Waals surface area (Å²) < 4.78 is 46.7. The Kier molecular flexibility index (Phi) is 8.04. The minimum Gasteiger partial charge on any atom is -0.456 e. The summed E-state index contributed by atoms with van der Waals surface area (Å²) in [6, 6.07) is 21.2. The molecule has 4 aromatic rings. The van der Waals surface area contributed by atoms with Crippen LogP contribution in [-0.2, 0) is 15.4 Å². The molecule has 0 aliphatic carbocycles. The fraction of sp³-hybridized carbons (Fsp3) is 0.172. The molecule has 0 amide bonds. The number of para-hydroxylation sites is 1. The van der Waals surface area contributed by atoms with Gasteiger partial charge < -0.3 is 13.8 Å². The number of anilines is 1. The van der Waals surface area contributed by atoms with Gasteiger partial charge in [-0.25, -0.2) is 0 Å². The fourth-order valence-corrected chi connectivity index (χ4v) is 10.3. The topological polar surface area (TPSA) is 115 Å². The number of fused-ring (bicyclic) bond motifs is 1. The van der Waals surface area contributed by atoms with Crippen LogP contribution in [-0.4, -0.2) is 20.4 Å². The number of nitro groups is 1. The second-order valence-corrected chi connectivity index (χ2v) is 16.1. The maximum Gasteiger partial charge on any atom is 0.284 e. The van der Waals surface area contributed by atoms with Crippen molar-refractivity contribution < 1.29 is 22.3 Å². The van der Waals surface area contributed by atoms with Gasteiger partial charge in [0.2, 0.25) is 7.28 Å². The molecule has 3 aromatic carbocycles. The Morgan fingerprint density at radius 3 is 2.31 bits per heavy atom. The summed E-state index contributed by atoms with van der Waals surface area (Å²) >= 11 is 6.97. The molecule has 218 valence electrons. The number of allylic oxidation sites excluding steroid dienone is 1. The second-order valence-electron chi connectivity index (χ2n) is 10.2. The van der Waals surface area contributed by atoms with E-state index in [1.54, 1.807) is 43.1 Å². The van der Waals surface area contributed by atoms with Gasteiger partial charge in [-0.15, -0.1) is 4.15 Å². The van der Waals surface area contributed by atoms with Crippen LogP contribution in [0.1, 0.15) is 25.2 Å². The molecule has 0 fully saturated rings. The summed E-state index contributed by atoms with van der Waals surface area (Å²) in [4.78, 5) is 12.4. The molecule has 0 spiro atoms. The van der Waals surface area contributed by atoms with Gasteiger partial charge in [0.05, 0.1) is 9.82 Å². The summed E-state index contributed by atoms with van der Waals surface area (Å²) in [6.07, 6.45) is 0. The highest BCUT2D eigenvalue weighted by Crippen LogP contribution is 2.58. The summed E-state index contributed by atoms with van der Waals surface area (Å²) in [6.45, 7) is 5.88. The van der Waals surface area contributed by atoms with Gasteiger partial charge in [0.15, 0.2) is 5.50 Å². The molecule has 0 saturated carbocycles. The largest absolute Gasteiger partial charge is 0.456 e. The number of likely N-dealkylation sites (N-methyl/N-ethyl adjacent to an activating group) is 1. The molecule has 1 aliphatic heterocycles. The molecule has 5 rings (SSSR count). The van der Waals surface area contributed by atoms with E-state index < -0.39 is 27.6 Å². The molecule has 0 unspecified atom stereocenters. The van der Waals surface area contributed by atoms with Crippen LogP contribution >= 0.6 is 39.1 Å². The van der Waals surface area contributed by atoms with Crippen molar-refractivity contribution in [3.63, 3.8) is 0 Å². The van der Waals surface area contributed by atoms with Crippen molar-refractivity contribution in [2.75, 3.05) is 11.9 Å². The Hall–Kier alpha value is -3.18. The lowest BCUT2D eigenvalue weighted by Crippen LogP contribution is -2.24. The van der Waals surface area contributed by atoms with Gasteiger partial charge in [-0.3, -0.25) is 10.1 Å². The average Bonchev–Trinajstić information content (AvgIpc) is 3.46. The Labute approximate surface area is 260 Å². The molecule has 1 aromatic heterocycles. The summed E-state index contributed by atoms with van der Waals surface area (Å²) in [7, 11) is -6.20. The van der Waals surface area contributed by atoms with Crippen LogP contribution in [0.15, 0.2) is 113 Å². The number of benzene rings is 3. The zero-order valence-corrected chi connectivity index (χ0v) is 27.9. The number of furan rings is 1. The van der Waals surface area contributed by atoms with Crippen molar-refractivity contribution in [3.05, 3.63) is 121 Å². The summed E-state index contributed by atoms with van der Waals surface area (Å²) in [5, 5.41) is 11.2. The van der Waals surface area contributed by atoms with Crippen LogP contribution < -0.4 is 14.9 Å². The molecule has 0 saturated heterocycles. The normalized spacial score (nSPS) is 16.6. The third kappa shape index (κ3) is 5.60. The number of non-ortho nitro benzene ring substituents is 1. The molecule has 0 bridgehead atoms. The van der Waals surface area contributed by atoms with Crippen LogP contribution in [0.4, 0.5) is 11.4 Å². The lowest BCUT2D eigenvalue weighted by Gasteiger charge is -2.28. The van der Waals surface area contributed by atoms with Crippen LogP contribution in [0.3, 0.4) is 0 Å². The number of aryl methyl sites for hydroxylation is 1. The maximum atomic E-state index is 14.0. The van der Waals surface area contributed by atoms with Gasteiger partial charge >= 0.3 is 0 Å². The zero-order valence-electron chi connectivity index (χ0n) is 23.0. The molecule has 1 atom stereocenters. The Morgan fingerprint density at radius 2 is 1.71 bits per heavy atom. The third-order valence-electron chi connectivity index (χ3n) is 6.99. The van der Waals surface area contributed by atoms with E-state index in [0.717, 1.165) is 33.6 Å². The summed E-state index contributed by atoms with van der Waals surface area (Å²) in [5.74, 6) is 2.70. The van der Waals surface area contributed by atoms with Crippen LogP contribution in [0, 0.1) is 17.0 Å². The molecule has 42 heavy (non-hydrogen) atoms. The number of hydrogen-bond acceptors (Lipinski definition) is 7. The predicted molar refractivity (Wildman–Crippen MR) is 171 cm³/mol. The number of hydrogen-bond donors (Lipinski definition) is 0. The Bertz CT molecular complexity index is 1900. The second kappa shape index (κ2) is 11.1.